The molecule has 0 aliphatic carbocycles. The normalized spacial score (nSPS) is 11.5. The first-order valence-corrected chi connectivity index (χ1v) is 20.9. The lowest BCUT2D eigenvalue weighted by Gasteiger charge is -2.11. The third-order valence-electron chi connectivity index (χ3n) is 12.1. The lowest BCUT2D eigenvalue weighted by molar-refractivity contribution is 1.06. The molecule has 0 bridgehead atoms. The van der Waals surface area contributed by atoms with Crippen molar-refractivity contribution in [3.05, 3.63) is 225 Å². The van der Waals surface area contributed by atoms with Gasteiger partial charge >= 0.3 is 0 Å². The highest BCUT2D eigenvalue weighted by Gasteiger charge is 2.17. The summed E-state index contributed by atoms with van der Waals surface area (Å²) in [6, 6.07) is 77.8. The summed E-state index contributed by atoms with van der Waals surface area (Å²) in [4.78, 5) is 14.2. The number of benzene rings is 9. The summed E-state index contributed by atoms with van der Waals surface area (Å²) in [6.45, 7) is 0. The van der Waals surface area contributed by atoms with Gasteiger partial charge in [-0.1, -0.05) is 146 Å². The predicted octanol–water partition coefficient (Wildman–Crippen LogP) is 14.4. The molecular formula is C57H37N5. The average molecular weight is 792 g/mol. The molecule has 0 N–H and O–H groups in total. The molecule has 0 aliphatic rings. The van der Waals surface area contributed by atoms with Gasteiger partial charge in [0.1, 0.15) is 6.33 Å². The summed E-state index contributed by atoms with van der Waals surface area (Å²) in [5.41, 5.74) is 15.8. The Labute approximate surface area is 358 Å². The molecule has 0 fully saturated rings. The Balaban J connectivity index is 0.872. The van der Waals surface area contributed by atoms with E-state index in [0.717, 1.165) is 44.7 Å². The topological polar surface area (TPSA) is 48.5 Å². The van der Waals surface area contributed by atoms with E-state index in [1.54, 1.807) is 6.33 Å². The largest absolute Gasteiger partial charge is 0.309 e. The molecule has 3 aromatic heterocycles. The van der Waals surface area contributed by atoms with Gasteiger partial charge in [-0.05, 0) is 106 Å². The van der Waals surface area contributed by atoms with Crippen molar-refractivity contribution in [2.75, 3.05) is 0 Å². The molecule has 5 nitrogen and oxygen atoms in total. The number of aromatic nitrogens is 5. The molecular weight excluding hydrogens is 755 g/mol. The maximum Gasteiger partial charge on any atom is 0.163 e. The van der Waals surface area contributed by atoms with Crippen molar-refractivity contribution in [2.24, 2.45) is 0 Å². The summed E-state index contributed by atoms with van der Waals surface area (Å²) in [5, 5.41) is 4.93. The molecule has 0 aliphatic heterocycles. The number of rotatable bonds is 7. The van der Waals surface area contributed by atoms with E-state index in [0.29, 0.717) is 11.6 Å². The number of hydrogen-bond donors (Lipinski definition) is 0. The fraction of sp³-hybridized carbons (Fsp3) is 0. The van der Waals surface area contributed by atoms with E-state index >= 15 is 0 Å². The lowest BCUT2D eigenvalue weighted by atomic mass is 9.99. The second kappa shape index (κ2) is 14.7. The van der Waals surface area contributed by atoms with Gasteiger partial charge in [-0.3, -0.25) is 0 Å². The van der Waals surface area contributed by atoms with Crippen LogP contribution in [0.5, 0.6) is 0 Å². The smallest absolute Gasteiger partial charge is 0.163 e. The van der Waals surface area contributed by atoms with Gasteiger partial charge in [-0.25, -0.2) is 15.0 Å². The zero-order chi connectivity index (χ0) is 41.0. The minimum absolute atomic E-state index is 0.634. The standard InChI is InChI=1S/C57H37N5/c1-3-12-38(13-4-1)39-22-24-40(25-23-39)42-14-11-15-45(34-42)57-59-37-58-56(60-57)41-26-30-47(31-27-41)61-53-21-10-8-19-49(53)51-35-43(29-33-54(51)61)44-28-32-50-48-18-7-9-20-52(48)62(55(50)36-44)46-16-5-2-6-17-46/h1-37H. The molecule has 62 heavy (non-hydrogen) atoms. The fourth-order valence-corrected chi connectivity index (χ4v) is 9.09. The zero-order valence-corrected chi connectivity index (χ0v) is 33.6. The summed E-state index contributed by atoms with van der Waals surface area (Å²) < 4.78 is 4.73. The summed E-state index contributed by atoms with van der Waals surface area (Å²) in [7, 11) is 0. The van der Waals surface area contributed by atoms with Crippen molar-refractivity contribution in [2.45, 2.75) is 0 Å². The Morgan fingerprint density at radius 3 is 1.45 bits per heavy atom. The zero-order valence-electron chi connectivity index (χ0n) is 33.6. The van der Waals surface area contributed by atoms with Gasteiger partial charge in [0.25, 0.3) is 0 Å². The Morgan fingerprint density at radius 1 is 0.258 bits per heavy atom. The van der Waals surface area contributed by atoms with Crippen LogP contribution in [0.15, 0.2) is 225 Å². The fourth-order valence-electron chi connectivity index (χ4n) is 9.09. The quantitative estimate of drug-likeness (QED) is 0.162. The highest BCUT2D eigenvalue weighted by molar-refractivity contribution is 6.12. The Bertz CT molecular complexity index is 3600. The SMILES string of the molecule is c1ccc(-c2ccc(-c3cccc(-c4ncnc(-c5ccc(-n6c7ccccc7c7cc(-c8ccc9c%10ccccc%10n(-c%10ccccc%10)c9c8)ccc76)cc5)n4)c3)cc2)cc1. The molecule has 0 spiro atoms. The summed E-state index contributed by atoms with van der Waals surface area (Å²) in [5.74, 6) is 1.27. The van der Waals surface area contributed by atoms with Crippen LogP contribution in [0.25, 0.3) is 111 Å². The van der Waals surface area contributed by atoms with Crippen LogP contribution in [0.2, 0.25) is 0 Å². The van der Waals surface area contributed by atoms with Crippen molar-refractivity contribution in [3.8, 4) is 67.5 Å². The van der Waals surface area contributed by atoms with Crippen LogP contribution in [0, 0.1) is 0 Å². The highest BCUT2D eigenvalue weighted by atomic mass is 15.0. The first-order valence-electron chi connectivity index (χ1n) is 20.9. The van der Waals surface area contributed by atoms with E-state index in [4.69, 9.17) is 4.98 Å². The lowest BCUT2D eigenvalue weighted by Crippen LogP contribution is -1.97. The molecule has 5 heteroatoms. The predicted molar refractivity (Wildman–Crippen MR) is 256 cm³/mol. The van der Waals surface area contributed by atoms with Gasteiger partial charge in [-0.2, -0.15) is 0 Å². The van der Waals surface area contributed by atoms with Crippen LogP contribution in [0.4, 0.5) is 0 Å². The summed E-state index contributed by atoms with van der Waals surface area (Å²) >= 11 is 0. The van der Waals surface area contributed by atoms with Crippen molar-refractivity contribution < 1.29 is 0 Å². The van der Waals surface area contributed by atoms with Gasteiger partial charge in [0.15, 0.2) is 11.6 Å². The molecule has 0 atom stereocenters. The Hall–Kier alpha value is -8.41. The van der Waals surface area contributed by atoms with E-state index in [1.807, 2.05) is 6.07 Å². The molecule has 9 aromatic carbocycles. The van der Waals surface area contributed by atoms with Gasteiger partial charge in [0.05, 0.1) is 22.1 Å². The molecule has 0 unspecified atom stereocenters. The molecule has 3 heterocycles. The van der Waals surface area contributed by atoms with Crippen molar-refractivity contribution in [1.29, 1.82) is 0 Å². The number of fused-ring (bicyclic) bond motifs is 6. The molecule has 0 saturated carbocycles. The minimum Gasteiger partial charge on any atom is -0.309 e. The van der Waals surface area contributed by atoms with Crippen LogP contribution >= 0.6 is 0 Å². The van der Waals surface area contributed by atoms with Crippen LogP contribution in [-0.4, -0.2) is 24.1 Å². The van der Waals surface area contributed by atoms with Crippen LogP contribution in [0.3, 0.4) is 0 Å². The molecule has 290 valence electrons. The number of hydrogen-bond acceptors (Lipinski definition) is 3. The Kier molecular flexibility index (Phi) is 8.42. The van der Waals surface area contributed by atoms with Crippen molar-refractivity contribution in [1.82, 2.24) is 24.1 Å². The van der Waals surface area contributed by atoms with Gasteiger partial charge in [0.2, 0.25) is 0 Å². The third kappa shape index (κ3) is 6.06. The number of para-hydroxylation sites is 3. The third-order valence-corrected chi connectivity index (χ3v) is 12.1. The van der Waals surface area contributed by atoms with Gasteiger partial charge in [0, 0.05) is 44.0 Å². The van der Waals surface area contributed by atoms with E-state index < -0.39 is 0 Å². The van der Waals surface area contributed by atoms with E-state index in [1.165, 1.54) is 54.8 Å². The van der Waals surface area contributed by atoms with Crippen molar-refractivity contribution >= 4 is 43.6 Å². The molecule has 0 saturated heterocycles. The van der Waals surface area contributed by atoms with E-state index in [9.17, 15) is 0 Å². The average Bonchev–Trinajstić information content (AvgIpc) is 3.87. The van der Waals surface area contributed by atoms with E-state index in [2.05, 4.69) is 231 Å². The minimum atomic E-state index is 0.634. The molecule has 12 rings (SSSR count). The highest BCUT2D eigenvalue weighted by Crippen LogP contribution is 2.38. The molecule has 0 radical (unpaired) electrons. The first kappa shape index (κ1) is 35.5. The maximum atomic E-state index is 4.96. The second-order valence-corrected chi connectivity index (χ2v) is 15.7. The van der Waals surface area contributed by atoms with Crippen molar-refractivity contribution in [3.63, 3.8) is 0 Å². The maximum absolute atomic E-state index is 4.96. The molecule has 0 amide bonds. The monoisotopic (exact) mass is 791 g/mol. The van der Waals surface area contributed by atoms with Crippen LogP contribution in [-0.2, 0) is 0 Å². The van der Waals surface area contributed by atoms with Crippen LogP contribution in [0.1, 0.15) is 0 Å². The Morgan fingerprint density at radius 2 is 0.710 bits per heavy atom. The summed E-state index contributed by atoms with van der Waals surface area (Å²) in [6.07, 6.45) is 1.61. The molecule has 12 aromatic rings. The van der Waals surface area contributed by atoms with Crippen LogP contribution < -0.4 is 0 Å². The van der Waals surface area contributed by atoms with Gasteiger partial charge < -0.3 is 9.13 Å². The second-order valence-electron chi connectivity index (χ2n) is 15.7. The first-order chi connectivity index (χ1) is 30.7. The number of nitrogens with zero attached hydrogens (tertiary/aromatic N) is 5. The van der Waals surface area contributed by atoms with E-state index in [-0.39, 0.29) is 0 Å². The van der Waals surface area contributed by atoms with Gasteiger partial charge in [-0.15, -0.1) is 0 Å².